The molecule has 82 valence electrons. The molecule has 3 N–H and O–H groups in total. The topological polar surface area (TPSA) is 47.3 Å². The van der Waals surface area contributed by atoms with Crippen LogP contribution in [0.3, 0.4) is 0 Å². The summed E-state index contributed by atoms with van der Waals surface area (Å²) in [6.45, 7) is 3.10. The Balaban J connectivity index is 1.89. The number of hydrogen-bond acceptors (Lipinski definition) is 3. The van der Waals surface area contributed by atoms with Crippen molar-refractivity contribution >= 4 is 0 Å². The predicted molar refractivity (Wildman–Crippen MR) is 56.7 cm³/mol. The molecule has 0 radical (unpaired) electrons. The lowest BCUT2D eigenvalue weighted by Crippen LogP contribution is -2.52. The van der Waals surface area contributed by atoms with E-state index >= 15 is 0 Å². The van der Waals surface area contributed by atoms with Gasteiger partial charge in [-0.1, -0.05) is 19.3 Å². The van der Waals surface area contributed by atoms with E-state index in [-0.39, 0.29) is 5.60 Å². The summed E-state index contributed by atoms with van der Waals surface area (Å²) in [6, 6.07) is 0.343. The van der Waals surface area contributed by atoms with Crippen molar-refractivity contribution in [1.82, 2.24) is 5.43 Å². The van der Waals surface area contributed by atoms with Gasteiger partial charge in [-0.25, -0.2) is 0 Å². The van der Waals surface area contributed by atoms with Crippen LogP contribution in [0, 0.1) is 5.92 Å². The molecule has 0 amide bonds. The monoisotopic (exact) mass is 198 g/mol. The van der Waals surface area contributed by atoms with Crippen LogP contribution in [0.5, 0.6) is 0 Å². The molecular formula is C11H22N2O. The van der Waals surface area contributed by atoms with E-state index in [1.54, 1.807) is 0 Å². The van der Waals surface area contributed by atoms with Gasteiger partial charge in [-0.05, 0) is 32.1 Å². The number of hydrogen-bond donors (Lipinski definition) is 2. The van der Waals surface area contributed by atoms with Gasteiger partial charge in [0.1, 0.15) is 0 Å². The average Bonchev–Trinajstić information content (AvgIpc) is 2.51. The Morgan fingerprint density at radius 1 is 1.50 bits per heavy atom. The highest BCUT2D eigenvalue weighted by atomic mass is 16.5. The standard InChI is InChI=1S/C11H22N2O/c1-11(6-3-7-14-11)10(13-12)8-9-4-2-5-9/h9-10,13H,2-8,12H2,1H3. The summed E-state index contributed by atoms with van der Waals surface area (Å²) in [4.78, 5) is 0. The van der Waals surface area contributed by atoms with Crippen LogP contribution in [0.4, 0.5) is 0 Å². The third-order valence-electron chi connectivity index (χ3n) is 3.98. The molecule has 2 aliphatic rings. The second kappa shape index (κ2) is 4.17. The summed E-state index contributed by atoms with van der Waals surface area (Å²) in [5.74, 6) is 6.52. The first kappa shape index (κ1) is 10.4. The lowest BCUT2D eigenvalue weighted by molar-refractivity contribution is -0.0215. The predicted octanol–water partition coefficient (Wildman–Crippen LogP) is 1.58. The summed E-state index contributed by atoms with van der Waals surface area (Å²) >= 11 is 0. The van der Waals surface area contributed by atoms with Crippen molar-refractivity contribution in [2.45, 2.75) is 57.1 Å². The van der Waals surface area contributed by atoms with Gasteiger partial charge in [0, 0.05) is 6.61 Å². The lowest BCUT2D eigenvalue weighted by atomic mass is 9.77. The van der Waals surface area contributed by atoms with Gasteiger partial charge in [-0.2, -0.15) is 0 Å². The van der Waals surface area contributed by atoms with Crippen molar-refractivity contribution in [2.24, 2.45) is 11.8 Å². The number of hydrazine groups is 1. The number of ether oxygens (including phenoxy) is 1. The normalized spacial score (nSPS) is 35.6. The van der Waals surface area contributed by atoms with E-state index < -0.39 is 0 Å². The van der Waals surface area contributed by atoms with Crippen molar-refractivity contribution < 1.29 is 4.74 Å². The number of nitrogens with two attached hydrogens (primary N) is 1. The maximum absolute atomic E-state index is 5.82. The molecule has 0 bridgehead atoms. The largest absolute Gasteiger partial charge is 0.374 e. The Bertz CT molecular complexity index is 186. The molecule has 3 nitrogen and oxygen atoms in total. The SMILES string of the molecule is CC1(C(CC2CCC2)NN)CCCO1. The van der Waals surface area contributed by atoms with Gasteiger partial charge in [-0.15, -0.1) is 0 Å². The Morgan fingerprint density at radius 3 is 2.71 bits per heavy atom. The fraction of sp³-hybridized carbons (Fsp3) is 1.00. The van der Waals surface area contributed by atoms with Crippen LogP contribution in [0.25, 0.3) is 0 Å². The molecule has 2 fully saturated rings. The fourth-order valence-corrected chi connectivity index (χ4v) is 2.63. The van der Waals surface area contributed by atoms with Crippen LogP contribution >= 0.6 is 0 Å². The van der Waals surface area contributed by atoms with E-state index in [1.807, 2.05) is 0 Å². The summed E-state index contributed by atoms with van der Waals surface area (Å²) in [5.41, 5.74) is 2.95. The van der Waals surface area contributed by atoms with Gasteiger partial charge in [0.25, 0.3) is 0 Å². The summed E-state index contributed by atoms with van der Waals surface area (Å²) < 4.78 is 5.82. The molecule has 0 aromatic carbocycles. The quantitative estimate of drug-likeness (QED) is 0.532. The maximum Gasteiger partial charge on any atom is 0.0821 e. The minimum atomic E-state index is -0.00958. The highest BCUT2D eigenvalue weighted by molar-refractivity contribution is 4.93. The molecule has 3 heteroatoms. The zero-order valence-electron chi connectivity index (χ0n) is 9.09. The zero-order chi connectivity index (χ0) is 10.0. The molecule has 14 heavy (non-hydrogen) atoms. The molecule has 2 unspecified atom stereocenters. The van der Waals surface area contributed by atoms with Crippen molar-refractivity contribution in [1.29, 1.82) is 0 Å². The molecule has 1 saturated heterocycles. The highest BCUT2D eigenvalue weighted by Gasteiger charge is 2.39. The van der Waals surface area contributed by atoms with E-state index in [0.717, 1.165) is 18.9 Å². The van der Waals surface area contributed by atoms with Crippen molar-refractivity contribution in [3.8, 4) is 0 Å². The summed E-state index contributed by atoms with van der Waals surface area (Å²) in [5, 5.41) is 0. The lowest BCUT2D eigenvalue weighted by Gasteiger charge is -2.37. The fourth-order valence-electron chi connectivity index (χ4n) is 2.63. The number of nitrogens with one attached hydrogen (secondary N) is 1. The van der Waals surface area contributed by atoms with Crippen LogP contribution in [0.15, 0.2) is 0 Å². The average molecular weight is 198 g/mol. The van der Waals surface area contributed by atoms with Crippen LogP contribution < -0.4 is 11.3 Å². The van der Waals surface area contributed by atoms with E-state index in [0.29, 0.717) is 6.04 Å². The third-order valence-corrected chi connectivity index (χ3v) is 3.98. The molecule has 2 atom stereocenters. The van der Waals surface area contributed by atoms with Crippen LogP contribution in [0.1, 0.15) is 45.4 Å². The minimum Gasteiger partial charge on any atom is -0.374 e. The number of rotatable bonds is 4. The molecular weight excluding hydrogens is 176 g/mol. The van der Waals surface area contributed by atoms with Gasteiger partial charge in [-0.3, -0.25) is 11.3 Å². The summed E-state index contributed by atoms with van der Waals surface area (Å²) in [6.07, 6.45) is 7.68. The molecule has 0 aromatic heterocycles. The summed E-state index contributed by atoms with van der Waals surface area (Å²) in [7, 11) is 0. The molecule has 1 heterocycles. The van der Waals surface area contributed by atoms with Gasteiger partial charge in [0.15, 0.2) is 0 Å². The molecule has 1 aliphatic heterocycles. The molecule has 0 aromatic rings. The minimum absolute atomic E-state index is 0.00958. The van der Waals surface area contributed by atoms with Crippen molar-refractivity contribution in [3.63, 3.8) is 0 Å². The first-order valence-corrected chi connectivity index (χ1v) is 5.85. The van der Waals surface area contributed by atoms with Crippen LogP contribution in [-0.2, 0) is 4.74 Å². The highest BCUT2D eigenvalue weighted by Crippen LogP contribution is 2.36. The molecule has 1 saturated carbocycles. The Labute approximate surface area is 86.4 Å². The maximum atomic E-state index is 5.82. The second-order valence-corrected chi connectivity index (χ2v) is 5.02. The Morgan fingerprint density at radius 2 is 2.29 bits per heavy atom. The van der Waals surface area contributed by atoms with Gasteiger partial charge >= 0.3 is 0 Å². The van der Waals surface area contributed by atoms with Gasteiger partial charge < -0.3 is 4.74 Å². The van der Waals surface area contributed by atoms with E-state index in [2.05, 4.69) is 12.3 Å². The van der Waals surface area contributed by atoms with Crippen LogP contribution in [0.2, 0.25) is 0 Å². The van der Waals surface area contributed by atoms with E-state index in [9.17, 15) is 0 Å². The van der Waals surface area contributed by atoms with E-state index in [4.69, 9.17) is 10.6 Å². The zero-order valence-corrected chi connectivity index (χ0v) is 9.09. The molecule has 2 rings (SSSR count). The first-order valence-electron chi connectivity index (χ1n) is 5.85. The Hall–Kier alpha value is -0.120. The Kier molecular flexibility index (Phi) is 3.10. The molecule has 1 aliphatic carbocycles. The van der Waals surface area contributed by atoms with Crippen molar-refractivity contribution in [3.05, 3.63) is 0 Å². The first-order chi connectivity index (χ1) is 6.74. The third kappa shape index (κ3) is 1.95. The second-order valence-electron chi connectivity index (χ2n) is 5.02. The van der Waals surface area contributed by atoms with Gasteiger partial charge in [0.05, 0.1) is 11.6 Å². The smallest absolute Gasteiger partial charge is 0.0821 e. The van der Waals surface area contributed by atoms with Crippen LogP contribution in [-0.4, -0.2) is 18.2 Å². The van der Waals surface area contributed by atoms with Crippen molar-refractivity contribution in [2.75, 3.05) is 6.61 Å². The molecule has 0 spiro atoms. The van der Waals surface area contributed by atoms with Gasteiger partial charge in [0.2, 0.25) is 0 Å². The van der Waals surface area contributed by atoms with E-state index in [1.165, 1.54) is 32.1 Å².